The van der Waals surface area contributed by atoms with Gasteiger partial charge in [0.25, 0.3) is 0 Å². The molecule has 3 heteroatoms. The van der Waals surface area contributed by atoms with Crippen LogP contribution in [0.15, 0.2) is 224 Å². The minimum absolute atomic E-state index is 0.616. The van der Waals surface area contributed by atoms with E-state index in [-0.39, 0.29) is 0 Å². The number of hydrogen-bond acceptors (Lipinski definition) is 3. The lowest BCUT2D eigenvalue weighted by molar-refractivity contribution is 0.166. The lowest BCUT2D eigenvalue weighted by atomic mass is 9.67. The molecule has 4 aliphatic rings. The first-order valence-electron chi connectivity index (χ1n) is 24.7. The first kappa shape index (κ1) is 41.2. The molecule has 3 nitrogen and oxygen atoms in total. The van der Waals surface area contributed by atoms with E-state index in [2.05, 4.69) is 224 Å². The van der Waals surface area contributed by atoms with Crippen molar-refractivity contribution >= 4 is 0 Å². The maximum absolute atomic E-state index is 5.39. The molecule has 69 heavy (non-hydrogen) atoms. The Morgan fingerprint density at radius 2 is 0.507 bits per heavy atom. The highest BCUT2D eigenvalue weighted by atomic mass is 15.0. The van der Waals surface area contributed by atoms with Crippen molar-refractivity contribution in [1.29, 1.82) is 0 Å². The molecule has 2 saturated carbocycles. The van der Waals surface area contributed by atoms with Crippen molar-refractivity contribution in [2.45, 2.75) is 43.9 Å². The molecular weight excluding hydrogens is 835 g/mol. The standard InChI is InChI=1S/C66H51N3/c1-5-15-45(16-6-1)54-36-55(46-17-7-2-8-18-46)39-58(38-54)49-23-13-25-51(34-49)64-67-65(69-66(68-64)53-27-28-62-60-30-43-29-44(31-60)33-61(32-43)63(62)42-53)52-26-14-24-50(35-52)59-40-56(47-19-9-3-10-20-47)37-57(41-59)48-21-11-4-12-22-48/h1-28,34-44,60-61H,29-33H2. The van der Waals surface area contributed by atoms with Gasteiger partial charge in [-0.3, -0.25) is 0 Å². The summed E-state index contributed by atoms with van der Waals surface area (Å²) in [5.41, 5.74) is 20.0. The zero-order valence-corrected chi connectivity index (χ0v) is 38.5. The molecule has 0 saturated heterocycles. The highest BCUT2D eigenvalue weighted by molar-refractivity contribution is 5.84. The molecule has 14 rings (SSSR count). The van der Waals surface area contributed by atoms with Crippen molar-refractivity contribution in [2.75, 3.05) is 0 Å². The van der Waals surface area contributed by atoms with Gasteiger partial charge in [-0.05, 0) is 188 Å². The summed E-state index contributed by atoms with van der Waals surface area (Å²) in [6.45, 7) is 0. The number of rotatable bonds is 9. The summed E-state index contributed by atoms with van der Waals surface area (Å²) < 4.78 is 0. The van der Waals surface area contributed by atoms with Gasteiger partial charge in [-0.25, -0.2) is 15.0 Å². The minimum Gasteiger partial charge on any atom is -0.208 e. The van der Waals surface area contributed by atoms with Crippen molar-refractivity contribution < 1.29 is 0 Å². The van der Waals surface area contributed by atoms with Gasteiger partial charge in [-0.1, -0.05) is 170 Å². The van der Waals surface area contributed by atoms with Gasteiger partial charge in [0.1, 0.15) is 0 Å². The summed E-state index contributed by atoms with van der Waals surface area (Å²) in [5, 5.41) is 0. The SMILES string of the molecule is c1ccc(-c2cc(-c3ccccc3)cc(-c3cccc(-c4nc(-c5cccc(-c6cc(-c7ccccc7)cc(-c7ccccc7)c6)c5)nc(-c5ccc6c(c5)C5CC7CC(CC6C7)C5)n4)c3)c2)cc1. The lowest BCUT2D eigenvalue weighted by Gasteiger charge is -2.38. The fourth-order valence-corrected chi connectivity index (χ4v) is 12.0. The third kappa shape index (κ3) is 8.19. The second-order valence-electron chi connectivity index (χ2n) is 19.7. The molecule has 0 aliphatic heterocycles. The van der Waals surface area contributed by atoms with Gasteiger partial charge in [-0.2, -0.15) is 0 Å². The molecule has 2 unspecified atom stereocenters. The Labute approximate surface area is 405 Å². The van der Waals surface area contributed by atoms with E-state index in [1.807, 2.05) is 0 Å². The van der Waals surface area contributed by atoms with Crippen molar-refractivity contribution in [2.24, 2.45) is 11.8 Å². The normalized spacial score (nSPS) is 17.9. The van der Waals surface area contributed by atoms with Gasteiger partial charge in [0.2, 0.25) is 0 Å². The molecule has 1 heterocycles. The summed E-state index contributed by atoms with van der Waals surface area (Å²) in [5.74, 6) is 5.04. The fourth-order valence-electron chi connectivity index (χ4n) is 12.0. The van der Waals surface area contributed by atoms with Crippen molar-refractivity contribution in [3.05, 3.63) is 236 Å². The van der Waals surface area contributed by atoms with Crippen molar-refractivity contribution in [3.63, 3.8) is 0 Å². The van der Waals surface area contributed by atoms with Crippen LogP contribution in [0.1, 0.15) is 55.1 Å². The average Bonchev–Trinajstić information content (AvgIpc) is 3.60. The van der Waals surface area contributed by atoms with E-state index in [4.69, 9.17) is 15.0 Å². The number of nitrogens with zero attached hydrogens (tertiary/aromatic N) is 3. The molecule has 330 valence electrons. The summed E-state index contributed by atoms with van der Waals surface area (Å²) in [6, 6.07) is 81.2. The fraction of sp³-hybridized carbons (Fsp3) is 0.136. The van der Waals surface area contributed by atoms with Gasteiger partial charge >= 0.3 is 0 Å². The first-order valence-corrected chi connectivity index (χ1v) is 24.7. The van der Waals surface area contributed by atoms with E-state index >= 15 is 0 Å². The first-order chi connectivity index (χ1) is 34.1. The molecule has 10 aromatic rings. The van der Waals surface area contributed by atoms with E-state index in [0.717, 1.165) is 50.8 Å². The summed E-state index contributed by atoms with van der Waals surface area (Å²) in [6.07, 6.45) is 6.72. The average molecular weight is 886 g/mol. The quantitative estimate of drug-likeness (QED) is 0.145. The van der Waals surface area contributed by atoms with Gasteiger partial charge in [0.05, 0.1) is 0 Å². The van der Waals surface area contributed by atoms with Crippen LogP contribution in [0.5, 0.6) is 0 Å². The molecule has 2 atom stereocenters. The van der Waals surface area contributed by atoms with Crippen LogP contribution in [0.4, 0.5) is 0 Å². The number of aromatic nitrogens is 3. The molecule has 9 aromatic carbocycles. The highest BCUT2D eigenvalue weighted by Gasteiger charge is 2.42. The molecule has 0 amide bonds. The summed E-state index contributed by atoms with van der Waals surface area (Å²) >= 11 is 0. The topological polar surface area (TPSA) is 38.7 Å². The summed E-state index contributed by atoms with van der Waals surface area (Å²) in [7, 11) is 0. The molecule has 4 bridgehead atoms. The maximum atomic E-state index is 5.39. The van der Waals surface area contributed by atoms with Crippen LogP contribution in [0.25, 0.3) is 101 Å². The zero-order chi connectivity index (χ0) is 45.7. The van der Waals surface area contributed by atoms with Crippen molar-refractivity contribution in [1.82, 2.24) is 15.0 Å². The van der Waals surface area contributed by atoms with Crippen LogP contribution in [0.2, 0.25) is 0 Å². The largest absolute Gasteiger partial charge is 0.208 e. The molecule has 1 aromatic heterocycles. The van der Waals surface area contributed by atoms with E-state index in [1.54, 1.807) is 5.56 Å². The van der Waals surface area contributed by atoms with Gasteiger partial charge in [-0.15, -0.1) is 0 Å². The Morgan fingerprint density at radius 3 is 0.884 bits per heavy atom. The Kier molecular flexibility index (Phi) is 10.5. The van der Waals surface area contributed by atoms with Crippen LogP contribution < -0.4 is 0 Å². The molecule has 2 fully saturated rings. The smallest absolute Gasteiger partial charge is 0.164 e. The Hall–Kier alpha value is -8.01. The third-order valence-corrected chi connectivity index (χ3v) is 15.2. The predicted molar refractivity (Wildman–Crippen MR) is 284 cm³/mol. The van der Waals surface area contributed by atoms with Crippen LogP contribution in [0.3, 0.4) is 0 Å². The Balaban J connectivity index is 0.951. The maximum Gasteiger partial charge on any atom is 0.164 e. The van der Waals surface area contributed by atoms with E-state index in [1.165, 1.54) is 82.2 Å². The predicted octanol–water partition coefficient (Wildman–Crippen LogP) is 17.3. The van der Waals surface area contributed by atoms with Crippen LogP contribution in [-0.2, 0) is 0 Å². The van der Waals surface area contributed by atoms with E-state index in [9.17, 15) is 0 Å². The third-order valence-electron chi connectivity index (χ3n) is 15.2. The van der Waals surface area contributed by atoms with Crippen molar-refractivity contribution in [3.8, 4) is 101 Å². The minimum atomic E-state index is 0.616. The van der Waals surface area contributed by atoms with Crippen LogP contribution in [-0.4, -0.2) is 15.0 Å². The molecular formula is C66H51N3. The molecule has 0 spiro atoms. The van der Waals surface area contributed by atoms with Crippen LogP contribution in [0, 0.1) is 11.8 Å². The molecule has 4 aliphatic carbocycles. The number of benzene rings is 9. The summed E-state index contributed by atoms with van der Waals surface area (Å²) in [4.78, 5) is 16.2. The Morgan fingerprint density at radius 1 is 0.217 bits per heavy atom. The molecule has 0 N–H and O–H groups in total. The highest BCUT2D eigenvalue weighted by Crippen LogP contribution is 2.56. The van der Waals surface area contributed by atoms with E-state index in [0.29, 0.717) is 29.3 Å². The van der Waals surface area contributed by atoms with Crippen LogP contribution >= 0.6 is 0 Å². The number of hydrogen-bond donors (Lipinski definition) is 0. The monoisotopic (exact) mass is 885 g/mol. The zero-order valence-electron chi connectivity index (χ0n) is 38.5. The van der Waals surface area contributed by atoms with E-state index < -0.39 is 0 Å². The van der Waals surface area contributed by atoms with Gasteiger partial charge < -0.3 is 0 Å². The second-order valence-corrected chi connectivity index (χ2v) is 19.7. The van der Waals surface area contributed by atoms with Gasteiger partial charge in [0, 0.05) is 16.7 Å². The second kappa shape index (κ2) is 17.6. The van der Waals surface area contributed by atoms with Gasteiger partial charge in [0.15, 0.2) is 17.5 Å². The lowest BCUT2D eigenvalue weighted by Crippen LogP contribution is -2.25. The molecule has 0 radical (unpaired) electrons. The Bertz CT molecular complexity index is 3170.